The molecule has 0 spiro atoms. The van der Waals surface area contributed by atoms with Crippen LogP contribution in [0.1, 0.15) is 34.6 Å². The third-order valence-corrected chi connectivity index (χ3v) is 2.67. The molecule has 1 aromatic carbocycles. The minimum atomic E-state index is -1.44. The van der Waals surface area contributed by atoms with E-state index in [4.69, 9.17) is 0 Å². The number of benzene rings is 1. The second kappa shape index (κ2) is 8.36. The summed E-state index contributed by atoms with van der Waals surface area (Å²) >= 11 is 0. The minimum Gasteiger partial charge on any atom is -0.478 e. The van der Waals surface area contributed by atoms with Crippen LogP contribution in [0.5, 0.6) is 0 Å². The van der Waals surface area contributed by atoms with E-state index < -0.39 is 46.6 Å². The zero-order valence-corrected chi connectivity index (χ0v) is 12.9. The molecule has 2 amide bonds. The molecule has 1 aromatic rings. The number of anilines is 2. The molecule has 0 aromatic heterocycles. The molecular weight excluding hydrogens is 324 g/mol. The van der Waals surface area contributed by atoms with Gasteiger partial charge in [0, 0.05) is 0 Å². The van der Waals surface area contributed by atoms with Gasteiger partial charge in [0.15, 0.2) is 0 Å². The third kappa shape index (κ3) is 4.60. The molecule has 10 heteroatoms. The fraction of sp³-hybridized carbons (Fsp3) is 0.286. The highest BCUT2D eigenvalue weighted by atomic mass is 16.6. The van der Waals surface area contributed by atoms with Crippen molar-refractivity contribution in [3.05, 3.63) is 23.3 Å². The Morgan fingerprint density at radius 3 is 1.42 bits per heavy atom. The summed E-state index contributed by atoms with van der Waals surface area (Å²) in [5, 5.41) is 22.7. The van der Waals surface area contributed by atoms with Crippen LogP contribution in [-0.2, 0) is 9.47 Å². The van der Waals surface area contributed by atoms with Crippen molar-refractivity contribution >= 4 is 35.5 Å². The molecule has 1 rings (SSSR count). The third-order valence-electron chi connectivity index (χ3n) is 2.67. The lowest BCUT2D eigenvalue weighted by Gasteiger charge is -2.16. The number of hydrogen-bond acceptors (Lipinski definition) is 6. The van der Waals surface area contributed by atoms with Crippen molar-refractivity contribution in [1.29, 1.82) is 0 Å². The summed E-state index contributed by atoms with van der Waals surface area (Å²) < 4.78 is 9.31. The normalized spacial score (nSPS) is 9.75. The summed E-state index contributed by atoms with van der Waals surface area (Å²) in [5.41, 5.74) is -1.71. The molecule has 0 aliphatic carbocycles. The molecule has 0 bridgehead atoms. The number of carboxylic acid groups (broad SMARTS) is 2. The molecule has 0 heterocycles. The van der Waals surface area contributed by atoms with Gasteiger partial charge in [-0.2, -0.15) is 0 Å². The van der Waals surface area contributed by atoms with E-state index in [0.717, 1.165) is 12.1 Å². The van der Waals surface area contributed by atoms with Gasteiger partial charge in [0.05, 0.1) is 35.7 Å². The fourth-order valence-corrected chi connectivity index (χ4v) is 1.76. The predicted molar refractivity (Wildman–Crippen MR) is 81.7 cm³/mol. The Morgan fingerprint density at radius 1 is 0.833 bits per heavy atom. The van der Waals surface area contributed by atoms with Crippen LogP contribution in [0.2, 0.25) is 0 Å². The van der Waals surface area contributed by atoms with Crippen molar-refractivity contribution in [2.75, 3.05) is 23.8 Å². The lowest BCUT2D eigenvalue weighted by Crippen LogP contribution is -2.22. The van der Waals surface area contributed by atoms with Crippen LogP contribution in [0, 0.1) is 0 Å². The van der Waals surface area contributed by atoms with Gasteiger partial charge >= 0.3 is 24.1 Å². The molecule has 24 heavy (non-hydrogen) atoms. The summed E-state index contributed by atoms with van der Waals surface area (Å²) in [6.07, 6.45) is -2.01. The summed E-state index contributed by atoms with van der Waals surface area (Å²) in [6.45, 7) is 3.08. The maximum atomic E-state index is 11.6. The first kappa shape index (κ1) is 18.7. The Balaban J connectivity index is 3.47. The zero-order valence-electron chi connectivity index (χ0n) is 12.9. The summed E-state index contributed by atoms with van der Waals surface area (Å²) in [5.74, 6) is -2.88. The molecule has 0 aliphatic heterocycles. The maximum Gasteiger partial charge on any atom is 0.411 e. The molecule has 0 atom stereocenters. The van der Waals surface area contributed by atoms with Crippen molar-refractivity contribution in [2.24, 2.45) is 0 Å². The number of aromatic carboxylic acids is 2. The van der Waals surface area contributed by atoms with E-state index in [1.54, 1.807) is 0 Å². The number of hydrogen-bond donors (Lipinski definition) is 4. The van der Waals surface area contributed by atoms with Gasteiger partial charge in [-0.25, -0.2) is 19.2 Å². The second-order valence-corrected chi connectivity index (χ2v) is 4.21. The predicted octanol–water partition coefficient (Wildman–Crippen LogP) is 2.22. The van der Waals surface area contributed by atoms with E-state index in [0.29, 0.717) is 0 Å². The van der Waals surface area contributed by atoms with Gasteiger partial charge in [-0.15, -0.1) is 0 Å². The summed E-state index contributed by atoms with van der Waals surface area (Å²) in [6, 6.07) is 1.98. The fourth-order valence-electron chi connectivity index (χ4n) is 1.76. The van der Waals surface area contributed by atoms with Crippen LogP contribution in [-0.4, -0.2) is 47.6 Å². The molecule has 10 nitrogen and oxygen atoms in total. The Morgan fingerprint density at radius 2 is 1.17 bits per heavy atom. The number of carbonyl (C=O) groups excluding carboxylic acids is 2. The van der Waals surface area contributed by atoms with E-state index in [1.165, 1.54) is 13.8 Å². The van der Waals surface area contributed by atoms with E-state index >= 15 is 0 Å². The van der Waals surface area contributed by atoms with Gasteiger partial charge in [0.1, 0.15) is 0 Å². The van der Waals surface area contributed by atoms with Crippen molar-refractivity contribution in [3.63, 3.8) is 0 Å². The molecule has 0 unspecified atom stereocenters. The average Bonchev–Trinajstić information content (AvgIpc) is 2.48. The van der Waals surface area contributed by atoms with Crippen LogP contribution < -0.4 is 10.6 Å². The van der Waals surface area contributed by atoms with Gasteiger partial charge in [-0.05, 0) is 26.0 Å². The number of carboxylic acids is 2. The Labute approximate surface area is 136 Å². The largest absolute Gasteiger partial charge is 0.478 e. The number of amides is 2. The van der Waals surface area contributed by atoms with Crippen LogP contribution in [0.25, 0.3) is 0 Å². The molecule has 130 valence electrons. The van der Waals surface area contributed by atoms with Gasteiger partial charge in [0.25, 0.3) is 0 Å². The molecule has 0 fully saturated rings. The Bertz CT molecular complexity index is 614. The standard InChI is InChI=1S/C14H16N2O8/c1-3-23-13(21)15-9-7(11(17)18)5-6-8(12(19)20)10(9)16-14(22)24-4-2/h5-6H,3-4H2,1-2H3,(H,15,21)(H,16,22)(H,17,18)(H,19,20). The first-order chi connectivity index (χ1) is 11.3. The average molecular weight is 340 g/mol. The number of carbonyl (C=O) groups is 4. The van der Waals surface area contributed by atoms with Crippen molar-refractivity contribution in [1.82, 2.24) is 0 Å². The highest BCUT2D eigenvalue weighted by molar-refractivity contribution is 6.10. The first-order valence-electron chi connectivity index (χ1n) is 6.82. The van der Waals surface area contributed by atoms with E-state index in [2.05, 4.69) is 20.1 Å². The lowest BCUT2D eigenvalue weighted by atomic mass is 10.1. The summed E-state index contributed by atoms with van der Waals surface area (Å²) in [7, 11) is 0. The van der Waals surface area contributed by atoms with Crippen LogP contribution in [0.15, 0.2) is 12.1 Å². The molecule has 4 N–H and O–H groups in total. The first-order valence-corrected chi connectivity index (χ1v) is 6.82. The van der Waals surface area contributed by atoms with Crippen LogP contribution in [0.4, 0.5) is 21.0 Å². The van der Waals surface area contributed by atoms with Crippen molar-refractivity contribution in [3.8, 4) is 0 Å². The number of ether oxygens (including phenoxy) is 2. The van der Waals surface area contributed by atoms with E-state index in [9.17, 15) is 29.4 Å². The SMILES string of the molecule is CCOC(=O)Nc1c(C(=O)O)ccc(C(=O)O)c1NC(=O)OCC. The maximum absolute atomic E-state index is 11.6. The molecule has 0 radical (unpaired) electrons. The number of rotatable bonds is 6. The molecule has 0 aliphatic rings. The van der Waals surface area contributed by atoms with E-state index in [-0.39, 0.29) is 13.2 Å². The lowest BCUT2D eigenvalue weighted by molar-refractivity contribution is 0.0682. The Hall–Kier alpha value is -3.30. The van der Waals surface area contributed by atoms with Gasteiger partial charge in [0.2, 0.25) is 0 Å². The van der Waals surface area contributed by atoms with Gasteiger partial charge < -0.3 is 19.7 Å². The Kier molecular flexibility index (Phi) is 6.53. The smallest absolute Gasteiger partial charge is 0.411 e. The minimum absolute atomic E-state index is 0.00744. The van der Waals surface area contributed by atoms with Crippen LogP contribution in [0.3, 0.4) is 0 Å². The monoisotopic (exact) mass is 340 g/mol. The molecular formula is C14H16N2O8. The molecule has 0 saturated carbocycles. The molecule has 0 saturated heterocycles. The topological polar surface area (TPSA) is 151 Å². The van der Waals surface area contributed by atoms with Gasteiger partial charge in [-0.3, -0.25) is 10.6 Å². The summed E-state index contributed by atoms with van der Waals surface area (Å²) in [4.78, 5) is 45.9. The van der Waals surface area contributed by atoms with Gasteiger partial charge in [-0.1, -0.05) is 0 Å². The highest BCUT2D eigenvalue weighted by Crippen LogP contribution is 2.31. The second-order valence-electron chi connectivity index (χ2n) is 4.21. The van der Waals surface area contributed by atoms with E-state index in [1.807, 2.05) is 0 Å². The van der Waals surface area contributed by atoms with Crippen LogP contribution >= 0.6 is 0 Å². The number of nitrogens with one attached hydrogen (secondary N) is 2. The van der Waals surface area contributed by atoms with Crippen molar-refractivity contribution in [2.45, 2.75) is 13.8 Å². The highest BCUT2D eigenvalue weighted by Gasteiger charge is 2.24. The quantitative estimate of drug-likeness (QED) is 0.615. The zero-order chi connectivity index (χ0) is 18.3. The van der Waals surface area contributed by atoms with Crippen molar-refractivity contribution < 1.29 is 38.9 Å².